The Bertz CT molecular complexity index is 748. The number of nitrogen functional groups attached to an aromatic ring is 1. The Hall–Kier alpha value is -1.88. The molecule has 3 rings (SSSR count). The van der Waals surface area contributed by atoms with Crippen molar-refractivity contribution in [1.82, 2.24) is 14.5 Å². The standard InChI is InChI=1S/C14H13BrN4/c1-2-19-13(10-6-5-9(15)8-11(10)16)18-12-4-3-7-17-14(12)19/h3-8H,2,16H2,1H3. The van der Waals surface area contributed by atoms with E-state index >= 15 is 0 Å². The third-order valence-electron chi connectivity index (χ3n) is 3.07. The molecule has 0 aliphatic rings. The molecule has 2 aromatic heterocycles. The number of anilines is 1. The molecule has 19 heavy (non-hydrogen) atoms. The van der Waals surface area contributed by atoms with E-state index in [9.17, 15) is 0 Å². The van der Waals surface area contributed by atoms with Crippen LogP contribution in [0.3, 0.4) is 0 Å². The first-order chi connectivity index (χ1) is 9.20. The molecule has 0 unspecified atom stereocenters. The molecule has 1 aromatic carbocycles. The van der Waals surface area contributed by atoms with Gasteiger partial charge >= 0.3 is 0 Å². The molecule has 3 aromatic rings. The number of imidazole rings is 1. The maximum atomic E-state index is 6.10. The predicted octanol–water partition coefficient (Wildman–Crippen LogP) is 3.46. The van der Waals surface area contributed by atoms with Gasteiger partial charge in [-0.25, -0.2) is 9.97 Å². The number of rotatable bonds is 2. The number of halogens is 1. The Labute approximate surface area is 119 Å². The van der Waals surface area contributed by atoms with Crippen molar-refractivity contribution in [1.29, 1.82) is 0 Å². The molecular formula is C14H13BrN4. The lowest BCUT2D eigenvalue weighted by Crippen LogP contribution is -2.00. The number of hydrogen-bond acceptors (Lipinski definition) is 3. The summed E-state index contributed by atoms with van der Waals surface area (Å²) in [6.07, 6.45) is 1.78. The van der Waals surface area contributed by atoms with Gasteiger partial charge in [0.2, 0.25) is 0 Å². The smallest absolute Gasteiger partial charge is 0.160 e. The summed E-state index contributed by atoms with van der Waals surface area (Å²) in [5.74, 6) is 0.862. The molecule has 0 atom stereocenters. The quantitative estimate of drug-likeness (QED) is 0.736. The van der Waals surface area contributed by atoms with Gasteiger partial charge in [0, 0.05) is 28.5 Å². The minimum absolute atomic E-state index is 0.708. The summed E-state index contributed by atoms with van der Waals surface area (Å²) in [5, 5.41) is 0. The lowest BCUT2D eigenvalue weighted by Gasteiger charge is -2.08. The largest absolute Gasteiger partial charge is 0.398 e. The van der Waals surface area contributed by atoms with Crippen LogP contribution in [0.2, 0.25) is 0 Å². The van der Waals surface area contributed by atoms with Gasteiger partial charge in [0.05, 0.1) is 0 Å². The highest BCUT2D eigenvalue weighted by molar-refractivity contribution is 9.10. The van der Waals surface area contributed by atoms with E-state index in [1.807, 2.05) is 30.3 Å². The van der Waals surface area contributed by atoms with Crippen LogP contribution in [0.4, 0.5) is 5.69 Å². The van der Waals surface area contributed by atoms with Crippen molar-refractivity contribution in [3.8, 4) is 11.4 Å². The van der Waals surface area contributed by atoms with E-state index in [-0.39, 0.29) is 0 Å². The zero-order valence-electron chi connectivity index (χ0n) is 10.5. The lowest BCUT2D eigenvalue weighted by molar-refractivity contribution is 0.787. The number of aromatic nitrogens is 3. The van der Waals surface area contributed by atoms with E-state index in [0.717, 1.165) is 33.6 Å². The molecule has 0 amide bonds. The molecule has 4 nitrogen and oxygen atoms in total. The Balaban J connectivity index is 2.30. The molecule has 0 radical (unpaired) electrons. The third kappa shape index (κ3) is 2.00. The summed E-state index contributed by atoms with van der Waals surface area (Å²) in [6.45, 7) is 2.88. The summed E-state index contributed by atoms with van der Waals surface area (Å²) >= 11 is 3.42. The maximum absolute atomic E-state index is 6.10. The van der Waals surface area contributed by atoms with Crippen molar-refractivity contribution in [3.05, 3.63) is 41.0 Å². The first-order valence-corrected chi connectivity index (χ1v) is 6.86. The highest BCUT2D eigenvalue weighted by atomic mass is 79.9. The number of pyridine rings is 1. The predicted molar refractivity (Wildman–Crippen MR) is 80.8 cm³/mol. The van der Waals surface area contributed by atoms with Gasteiger partial charge in [-0.2, -0.15) is 0 Å². The zero-order valence-corrected chi connectivity index (χ0v) is 12.1. The molecule has 0 fully saturated rings. The summed E-state index contributed by atoms with van der Waals surface area (Å²) in [6, 6.07) is 9.70. The van der Waals surface area contributed by atoms with Crippen LogP contribution < -0.4 is 5.73 Å². The second-order valence-corrected chi connectivity index (χ2v) is 5.17. The average Bonchev–Trinajstić information content (AvgIpc) is 2.76. The SMILES string of the molecule is CCn1c(-c2ccc(Br)cc2N)nc2cccnc21. The van der Waals surface area contributed by atoms with Crippen LogP contribution in [-0.2, 0) is 6.54 Å². The zero-order chi connectivity index (χ0) is 13.4. The van der Waals surface area contributed by atoms with E-state index in [4.69, 9.17) is 5.73 Å². The highest BCUT2D eigenvalue weighted by Crippen LogP contribution is 2.30. The summed E-state index contributed by atoms with van der Waals surface area (Å²) in [5.41, 5.74) is 9.52. The number of aryl methyl sites for hydroxylation is 1. The molecule has 0 saturated carbocycles. The van der Waals surface area contributed by atoms with E-state index < -0.39 is 0 Å². The van der Waals surface area contributed by atoms with Gasteiger partial charge in [-0.05, 0) is 37.3 Å². The number of benzene rings is 1. The van der Waals surface area contributed by atoms with Crippen molar-refractivity contribution < 1.29 is 0 Å². The van der Waals surface area contributed by atoms with Gasteiger partial charge in [-0.3, -0.25) is 0 Å². The van der Waals surface area contributed by atoms with Gasteiger partial charge < -0.3 is 10.3 Å². The van der Waals surface area contributed by atoms with Gasteiger partial charge in [-0.15, -0.1) is 0 Å². The summed E-state index contributed by atoms with van der Waals surface area (Å²) < 4.78 is 3.04. The molecule has 0 aliphatic carbocycles. The minimum Gasteiger partial charge on any atom is -0.398 e. The lowest BCUT2D eigenvalue weighted by atomic mass is 10.1. The van der Waals surface area contributed by atoms with Crippen LogP contribution in [0.15, 0.2) is 41.0 Å². The summed E-state index contributed by atoms with van der Waals surface area (Å²) in [7, 11) is 0. The maximum Gasteiger partial charge on any atom is 0.160 e. The highest BCUT2D eigenvalue weighted by Gasteiger charge is 2.14. The van der Waals surface area contributed by atoms with Crippen LogP contribution in [-0.4, -0.2) is 14.5 Å². The van der Waals surface area contributed by atoms with E-state index in [0.29, 0.717) is 5.69 Å². The second kappa shape index (κ2) is 4.66. The first-order valence-electron chi connectivity index (χ1n) is 6.07. The number of nitrogens with two attached hydrogens (primary N) is 1. The Morgan fingerprint density at radius 3 is 2.89 bits per heavy atom. The molecule has 96 valence electrons. The van der Waals surface area contributed by atoms with Crippen molar-refractivity contribution in [2.75, 3.05) is 5.73 Å². The third-order valence-corrected chi connectivity index (χ3v) is 3.57. The molecule has 5 heteroatoms. The normalized spacial score (nSPS) is 11.1. The topological polar surface area (TPSA) is 56.7 Å². The van der Waals surface area contributed by atoms with Crippen LogP contribution in [0.25, 0.3) is 22.6 Å². The minimum atomic E-state index is 0.708. The fraction of sp³-hybridized carbons (Fsp3) is 0.143. The van der Waals surface area contributed by atoms with Crippen molar-refractivity contribution in [3.63, 3.8) is 0 Å². The molecule has 0 aliphatic heterocycles. The van der Waals surface area contributed by atoms with Crippen LogP contribution in [0, 0.1) is 0 Å². The number of fused-ring (bicyclic) bond motifs is 1. The second-order valence-electron chi connectivity index (χ2n) is 4.26. The van der Waals surface area contributed by atoms with Gasteiger partial charge in [-0.1, -0.05) is 15.9 Å². The van der Waals surface area contributed by atoms with E-state index in [2.05, 4.69) is 37.4 Å². The van der Waals surface area contributed by atoms with E-state index in [1.165, 1.54) is 0 Å². The van der Waals surface area contributed by atoms with Crippen molar-refractivity contribution >= 4 is 32.8 Å². The van der Waals surface area contributed by atoms with Gasteiger partial charge in [0.25, 0.3) is 0 Å². The Morgan fingerprint density at radius 1 is 1.32 bits per heavy atom. The first kappa shape index (κ1) is 12.2. The van der Waals surface area contributed by atoms with E-state index in [1.54, 1.807) is 6.20 Å². The Morgan fingerprint density at radius 2 is 2.16 bits per heavy atom. The average molecular weight is 317 g/mol. The Kier molecular flexibility index (Phi) is 2.98. The van der Waals surface area contributed by atoms with Crippen LogP contribution in [0.1, 0.15) is 6.92 Å². The fourth-order valence-corrected chi connectivity index (χ4v) is 2.58. The van der Waals surface area contributed by atoms with Crippen LogP contribution >= 0.6 is 15.9 Å². The van der Waals surface area contributed by atoms with Crippen molar-refractivity contribution in [2.45, 2.75) is 13.5 Å². The molecule has 0 bridgehead atoms. The molecule has 0 saturated heterocycles. The van der Waals surface area contributed by atoms with Crippen LogP contribution in [0.5, 0.6) is 0 Å². The molecule has 2 N–H and O–H groups in total. The molecule has 2 heterocycles. The van der Waals surface area contributed by atoms with Gasteiger partial charge in [0.1, 0.15) is 11.3 Å². The molecule has 0 spiro atoms. The monoisotopic (exact) mass is 316 g/mol. The fourth-order valence-electron chi connectivity index (χ4n) is 2.20. The molecular weight excluding hydrogens is 304 g/mol. The summed E-state index contributed by atoms with van der Waals surface area (Å²) in [4.78, 5) is 9.05. The van der Waals surface area contributed by atoms with Gasteiger partial charge in [0.15, 0.2) is 5.65 Å². The van der Waals surface area contributed by atoms with Crippen molar-refractivity contribution in [2.24, 2.45) is 0 Å². The number of hydrogen-bond donors (Lipinski definition) is 1. The number of nitrogens with zero attached hydrogens (tertiary/aromatic N) is 3.